The maximum Gasteiger partial charge on any atom is 0.0713 e. The van der Waals surface area contributed by atoms with Gasteiger partial charge in [0.05, 0.1) is 5.41 Å². The van der Waals surface area contributed by atoms with Gasteiger partial charge in [-0.1, -0.05) is 111 Å². The molecule has 0 heteroatoms. The summed E-state index contributed by atoms with van der Waals surface area (Å²) in [7, 11) is 0. The Morgan fingerprint density at radius 1 is 0.514 bits per heavy atom. The monoisotopic (exact) mass is 458 g/mol. The summed E-state index contributed by atoms with van der Waals surface area (Å²) < 4.78 is 0. The van der Waals surface area contributed by atoms with Crippen molar-refractivity contribution in [1.29, 1.82) is 0 Å². The summed E-state index contributed by atoms with van der Waals surface area (Å²) in [4.78, 5) is 0. The Bertz CT molecular complexity index is 1290. The van der Waals surface area contributed by atoms with E-state index in [1.807, 2.05) is 0 Å². The highest BCUT2D eigenvalue weighted by Crippen LogP contribution is 2.56. The van der Waals surface area contributed by atoms with Crippen LogP contribution in [0.3, 0.4) is 0 Å². The van der Waals surface area contributed by atoms with Crippen LogP contribution in [0.2, 0.25) is 0 Å². The summed E-state index contributed by atoms with van der Waals surface area (Å²) >= 11 is 0. The van der Waals surface area contributed by atoms with Crippen LogP contribution in [-0.4, -0.2) is 0 Å². The SMILES string of the molecule is CCCc1ccc(C2(c3ccc(CCC)c(C)c3)c3cc(C)ccc3-c3ccc(C)cc32)cc1C. The highest BCUT2D eigenvalue weighted by Gasteiger charge is 2.46. The predicted molar refractivity (Wildman–Crippen MR) is 151 cm³/mol. The van der Waals surface area contributed by atoms with E-state index in [4.69, 9.17) is 0 Å². The van der Waals surface area contributed by atoms with Gasteiger partial charge >= 0.3 is 0 Å². The summed E-state index contributed by atoms with van der Waals surface area (Å²) in [5.41, 5.74) is 16.4. The molecule has 4 aromatic carbocycles. The molecule has 0 N–H and O–H groups in total. The van der Waals surface area contributed by atoms with Gasteiger partial charge in [-0.3, -0.25) is 0 Å². The molecule has 4 aromatic rings. The molecule has 5 rings (SSSR count). The van der Waals surface area contributed by atoms with Gasteiger partial charge in [-0.05, 0) is 96.2 Å². The fourth-order valence-corrected chi connectivity index (χ4v) is 6.30. The van der Waals surface area contributed by atoms with Crippen LogP contribution in [0.1, 0.15) is 82.3 Å². The lowest BCUT2D eigenvalue weighted by atomic mass is 9.66. The minimum Gasteiger partial charge on any atom is -0.0651 e. The zero-order chi connectivity index (χ0) is 24.7. The van der Waals surface area contributed by atoms with Gasteiger partial charge < -0.3 is 0 Å². The fourth-order valence-electron chi connectivity index (χ4n) is 6.30. The first-order valence-corrected chi connectivity index (χ1v) is 13.3. The van der Waals surface area contributed by atoms with Crippen LogP contribution in [0, 0.1) is 27.7 Å². The fraction of sp³-hybridized carbons (Fsp3) is 0.314. The minimum atomic E-state index is -0.312. The van der Waals surface area contributed by atoms with Gasteiger partial charge in [0, 0.05) is 0 Å². The number of hydrogen-bond acceptors (Lipinski definition) is 0. The van der Waals surface area contributed by atoms with Crippen LogP contribution in [0.5, 0.6) is 0 Å². The normalized spacial score (nSPS) is 13.5. The molecule has 35 heavy (non-hydrogen) atoms. The van der Waals surface area contributed by atoms with E-state index >= 15 is 0 Å². The van der Waals surface area contributed by atoms with E-state index in [1.54, 1.807) is 0 Å². The molecular weight excluding hydrogens is 420 g/mol. The van der Waals surface area contributed by atoms with Crippen molar-refractivity contribution >= 4 is 0 Å². The van der Waals surface area contributed by atoms with Gasteiger partial charge in [-0.2, -0.15) is 0 Å². The van der Waals surface area contributed by atoms with Crippen molar-refractivity contribution in [2.45, 2.75) is 72.6 Å². The lowest BCUT2D eigenvalue weighted by molar-refractivity contribution is 0.760. The quantitative estimate of drug-likeness (QED) is 0.238. The van der Waals surface area contributed by atoms with Crippen molar-refractivity contribution in [3.8, 4) is 11.1 Å². The van der Waals surface area contributed by atoms with Gasteiger partial charge in [0.15, 0.2) is 0 Å². The second-order valence-electron chi connectivity index (χ2n) is 10.6. The molecule has 0 aromatic heterocycles. The molecular formula is C35H38. The van der Waals surface area contributed by atoms with Gasteiger partial charge in [0.1, 0.15) is 0 Å². The Morgan fingerprint density at radius 3 is 1.31 bits per heavy atom. The molecule has 0 fully saturated rings. The Labute approximate surface area is 212 Å². The van der Waals surface area contributed by atoms with Crippen molar-refractivity contribution < 1.29 is 0 Å². The minimum absolute atomic E-state index is 0.312. The zero-order valence-electron chi connectivity index (χ0n) is 22.3. The summed E-state index contributed by atoms with van der Waals surface area (Å²) in [5, 5.41) is 0. The first-order valence-electron chi connectivity index (χ1n) is 13.3. The zero-order valence-corrected chi connectivity index (χ0v) is 22.3. The van der Waals surface area contributed by atoms with Crippen molar-refractivity contribution in [2.24, 2.45) is 0 Å². The van der Waals surface area contributed by atoms with Gasteiger partial charge in [-0.25, -0.2) is 0 Å². The van der Waals surface area contributed by atoms with Crippen molar-refractivity contribution in [2.75, 3.05) is 0 Å². The van der Waals surface area contributed by atoms with Crippen LogP contribution >= 0.6 is 0 Å². The number of rotatable bonds is 6. The standard InChI is InChI=1S/C35H38/c1-7-9-27-13-15-29(21-25(27)5)35(30-16-14-28(10-8-2)26(6)22-30)33-19-23(3)11-17-31(33)32-18-12-24(4)20-34(32)35/h11-22H,7-10H2,1-6H3. The highest BCUT2D eigenvalue weighted by molar-refractivity contribution is 5.87. The second kappa shape index (κ2) is 9.15. The number of aryl methyl sites for hydroxylation is 6. The average Bonchev–Trinajstić information content (AvgIpc) is 3.11. The van der Waals surface area contributed by atoms with Crippen molar-refractivity contribution in [3.63, 3.8) is 0 Å². The van der Waals surface area contributed by atoms with Crippen LogP contribution in [0.25, 0.3) is 11.1 Å². The Hall–Kier alpha value is -3.12. The molecule has 0 bridgehead atoms. The molecule has 0 radical (unpaired) electrons. The molecule has 0 amide bonds. The lowest BCUT2D eigenvalue weighted by Crippen LogP contribution is -2.29. The maximum atomic E-state index is 2.48. The molecule has 0 aliphatic heterocycles. The molecule has 178 valence electrons. The molecule has 0 nitrogen and oxygen atoms in total. The third-order valence-electron chi connectivity index (χ3n) is 8.04. The van der Waals surface area contributed by atoms with E-state index in [9.17, 15) is 0 Å². The smallest absolute Gasteiger partial charge is 0.0651 e. The number of hydrogen-bond donors (Lipinski definition) is 0. The molecule has 0 saturated heterocycles. The van der Waals surface area contributed by atoms with Crippen LogP contribution in [0.15, 0.2) is 72.8 Å². The molecule has 0 heterocycles. The van der Waals surface area contributed by atoms with Crippen LogP contribution < -0.4 is 0 Å². The topological polar surface area (TPSA) is 0 Å². The molecule has 0 spiro atoms. The molecule has 0 unspecified atom stereocenters. The molecule has 0 atom stereocenters. The Kier molecular flexibility index (Phi) is 6.18. The summed E-state index contributed by atoms with van der Waals surface area (Å²) in [6.07, 6.45) is 4.62. The number of benzene rings is 4. The molecule has 0 saturated carbocycles. The van der Waals surface area contributed by atoms with E-state index in [0.717, 1.165) is 12.8 Å². The molecule has 1 aliphatic rings. The third kappa shape index (κ3) is 3.75. The Morgan fingerprint density at radius 2 is 0.943 bits per heavy atom. The first-order chi connectivity index (χ1) is 16.9. The summed E-state index contributed by atoms with van der Waals surface area (Å²) in [6.45, 7) is 13.6. The van der Waals surface area contributed by atoms with E-state index in [2.05, 4.69) is 114 Å². The van der Waals surface area contributed by atoms with E-state index in [-0.39, 0.29) is 5.41 Å². The van der Waals surface area contributed by atoms with Gasteiger partial charge in [0.2, 0.25) is 0 Å². The highest BCUT2D eigenvalue weighted by atomic mass is 14.5. The summed E-state index contributed by atoms with van der Waals surface area (Å²) in [6, 6.07) is 28.7. The van der Waals surface area contributed by atoms with Crippen molar-refractivity contribution in [3.05, 3.63) is 128 Å². The third-order valence-corrected chi connectivity index (χ3v) is 8.04. The first kappa shape index (κ1) is 23.6. The van der Waals surface area contributed by atoms with Crippen LogP contribution in [-0.2, 0) is 18.3 Å². The van der Waals surface area contributed by atoms with Crippen LogP contribution in [0.4, 0.5) is 0 Å². The van der Waals surface area contributed by atoms with E-state index in [0.29, 0.717) is 0 Å². The second-order valence-corrected chi connectivity index (χ2v) is 10.6. The van der Waals surface area contributed by atoms with Gasteiger partial charge in [-0.15, -0.1) is 0 Å². The Balaban J connectivity index is 1.90. The van der Waals surface area contributed by atoms with E-state index < -0.39 is 0 Å². The average molecular weight is 459 g/mol. The van der Waals surface area contributed by atoms with E-state index in [1.165, 1.54) is 79.6 Å². The predicted octanol–water partition coefficient (Wildman–Crippen LogP) is 9.19. The largest absolute Gasteiger partial charge is 0.0713 e. The maximum absolute atomic E-state index is 2.48. The summed E-state index contributed by atoms with van der Waals surface area (Å²) in [5.74, 6) is 0. The number of fused-ring (bicyclic) bond motifs is 3. The lowest BCUT2D eigenvalue weighted by Gasteiger charge is -2.35. The van der Waals surface area contributed by atoms with Gasteiger partial charge in [0.25, 0.3) is 0 Å². The van der Waals surface area contributed by atoms with Crippen molar-refractivity contribution in [1.82, 2.24) is 0 Å². The molecule has 1 aliphatic carbocycles.